The number of nitrogens with zero attached hydrogens (tertiary/aromatic N) is 6. The molecule has 0 saturated carbocycles. The molecule has 0 bridgehead atoms. The van der Waals surface area contributed by atoms with Gasteiger partial charge in [0.25, 0.3) is 0 Å². The van der Waals surface area contributed by atoms with Gasteiger partial charge in [-0.05, 0) is 55.0 Å². The molecule has 0 unspecified atom stereocenters. The molecule has 5 heterocycles. The second-order valence-electron chi connectivity index (χ2n) is 9.75. The molecule has 5 rings (SSSR count). The van der Waals surface area contributed by atoms with E-state index in [4.69, 9.17) is 13.9 Å². The van der Waals surface area contributed by atoms with E-state index in [-0.39, 0.29) is 24.5 Å². The van der Waals surface area contributed by atoms with Crippen molar-refractivity contribution in [2.24, 2.45) is 0 Å². The molecule has 1 N–H and O–H groups in total. The first kappa shape index (κ1) is 27.4. The van der Waals surface area contributed by atoms with E-state index in [0.717, 1.165) is 43.1 Å². The lowest BCUT2D eigenvalue weighted by atomic mass is 10.1. The van der Waals surface area contributed by atoms with Crippen LogP contribution in [-0.2, 0) is 25.6 Å². The number of ether oxygens (including phenoxy) is 2. The summed E-state index contributed by atoms with van der Waals surface area (Å²) in [6.07, 6.45) is 2.63. The monoisotopic (exact) mass is 557 g/mol. The number of amides is 2. The first-order chi connectivity index (χ1) is 19.1. The average molecular weight is 558 g/mol. The Morgan fingerprint density at radius 2 is 2.10 bits per heavy atom. The molecule has 2 saturated heterocycles. The largest absolute Gasteiger partial charge is 0.458 e. The van der Waals surface area contributed by atoms with Gasteiger partial charge < -0.3 is 24.1 Å². The number of hydrogen-bond donors (Lipinski definition) is 1. The Labute approximate surface area is 231 Å². The maximum atomic E-state index is 13.8. The summed E-state index contributed by atoms with van der Waals surface area (Å²) in [6, 6.07) is 6.61. The number of carbonyl (C=O) groups is 2. The third-order valence-corrected chi connectivity index (χ3v) is 7.81. The fourth-order valence-electron chi connectivity index (χ4n) is 4.85. The number of hydrogen-bond acceptors (Lipinski definition) is 10. The van der Waals surface area contributed by atoms with Crippen LogP contribution in [0.4, 0.5) is 0 Å². The molecule has 3 aromatic rings. The number of carbonyl (C=O) groups excluding carboxylic acids is 2. The molecule has 0 aromatic carbocycles. The van der Waals surface area contributed by atoms with Gasteiger partial charge in [0.05, 0.1) is 19.3 Å². The van der Waals surface area contributed by atoms with Gasteiger partial charge in [-0.2, -0.15) is 4.80 Å². The van der Waals surface area contributed by atoms with Crippen molar-refractivity contribution in [2.45, 2.75) is 44.9 Å². The normalized spacial score (nSPS) is 18.7. The Morgan fingerprint density at radius 3 is 2.82 bits per heavy atom. The molecule has 210 valence electrons. The SMILES string of the molecule is Cc1ccc(-c2nnn(CC(=O)N(CCCN3CCOCC3)[C@H](C(=O)NC[C@H]3CCCO3)c3cccs3)n2)o1. The summed E-state index contributed by atoms with van der Waals surface area (Å²) in [5.41, 5.74) is 0. The van der Waals surface area contributed by atoms with Crippen molar-refractivity contribution in [3.63, 3.8) is 0 Å². The van der Waals surface area contributed by atoms with Gasteiger partial charge in [0.15, 0.2) is 5.76 Å². The molecule has 3 aromatic heterocycles. The number of aromatic nitrogens is 4. The van der Waals surface area contributed by atoms with Gasteiger partial charge in [-0.3, -0.25) is 14.5 Å². The summed E-state index contributed by atoms with van der Waals surface area (Å²) >= 11 is 1.46. The van der Waals surface area contributed by atoms with Crippen molar-refractivity contribution in [3.8, 4) is 11.6 Å². The van der Waals surface area contributed by atoms with E-state index in [1.54, 1.807) is 11.0 Å². The molecule has 2 atom stereocenters. The maximum absolute atomic E-state index is 13.8. The van der Waals surface area contributed by atoms with E-state index in [2.05, 4.69) is 25.6 Å². The second-order valence-corrected chi connectivity index (χ2v) is 10.7. The molecule has 39 heavy (non-hydrogen) atoms. The summed E-state index contributed by atoms with van der Waals surface area (Å²) < 4.78 is 16.7. The zero-order chi connectivity index (χ0) is 27.0. The Bertz CT molecular complexity index is 1200. The number of nitrogens with one attached hydrogen (secondary N) is 1. The van der Waals surface area contributed by atoms with Crippen molar-refractivity contribution in [3.05, 3.63) is 40.3 Å². The maximum Gasteiger partial charge on any atom is 0.248 e. The molecular weight excluding hydrogens is 522 g/mol. The van der Waals surface area contributed by atoms with Crippen LogP contribution in [0, 0.1) is 6.92 Å². The Kier molecular flexibility index (Phi) is 9.35. The van der Waals surface area contributed by atoms with Crippen molar-refractivity contribution < 1.29 is 23.5 Å². The number of thiophene rings is 1. The first-order valence-corrected chi connectivity index (χ1v) is 14.3. The Morgan fingerprint density at radius 1 is 1.23 bits per heavy atom. The lowest BCUT2D eigenvalue weighted by Gasteiger charge is -2.32. The highest BCUT2D eigenvalue weighted by Gasteiger charge is 2.33. The minimum absolute atomic E-state index is 0.00594. The van der Waals surface area contributed by atoms with Crippen molar-refractivity contribution in [1.29, 1.82) is 0 Å². The number of rotatable bonds is 12. The summed E-state index contributed by atoms with van der Waals surface area (Å²) in [7, 11) is 0. The van der Waals surface area contributed by atoms with Crippen LogP contribution < -0.4 is 5.32 Å². The lowest BCUT2D eigenvalue weighted by molar-refractivity contribution is -0.142. The molecule has 2 aliphatic heterocycles. The van der Waals surface area contributed by atoms with Crippen LogP contribution in [0.25, 0.3) is 11.6 Å². The summed E-state index contributed by atoms with van der Waals surface area (Å²) in [4.78, 5) is 33.4. The van der Waals surface area contributed by atoms with Crippen LogP contribution in [0.1, 0.15) is 35.9 Å². The van der Waals surface area contributed by atoms with Crippen LogP contribution in [-0.4, -0.2) is 100 Å². The van der Waals surface area contributed by atoms with Gasteiger partial charge in [0, 0.05) is 44.2 Å². The average Bonchev–Trinajstić information content (AvgIpc) is 3.76. The summed E-state index contributed by atoms with van der Waals surface area (Å²) in [6.45, 7) is 7.19. The van der Waals surface area contributed by atoms with Crippen LogP contribution in [0.2, 0.25) is 0 Å². The predicted octanol–water partition coefficient (Wildman–Crippen LogP) is 1.89. The van der Waals surface area contributed by atoms with E-state index in [1.807, 2.05) is 30.5 Å². The third-order valence-electron chi connectivity index (χ3n) is 6.89. The van der Waals surface area contributed by atoms with Gasteiger partial charge in [0.1, 0.15) is 18.3 Å². The van der Waals surface area contributed by atoms with Gasteiger partial charge in [-0.15, -0.1) is 21.5 Å². The molecule has 13 heteroatoms. The van der Waals surface area contributed by atoms with E-state index in [0.29, 0.717) is 50.9 Å². The molecule has 12 nitrogen and oxygen atoms in total. The van der Waals surface area contributed by atoms with Gasteiger partial charge in [-0.25, -0.2) is 0 Å². The van der Waals surface area contributed by atoms with Crippen molar-refractivity contribution in [1.82, 2.24) is 35.3 Å². The van der Waals surface area contributed by atoms with Crippen LogP contribution in [0.5, 0.6) is 0 Å². The standard InChI is InChI=1S/C26H35N7O5S/c1-19-7-8-21(38-19)25-28-30-33(29-25)18-23(34)32(10-4-9-31-11-14-36-15-12-31)24(22-6-3-16-39-22)26(35)27-17-20-5-2-13-37-20/h3,6-8,16,20,24H,2,4-5,9-15,17-18H2,1H3,(H,27,35)/t20-,24+/m1/s1. The summed E-state index contributed by atoms with van der Waals surface area (Å²) in [5, 5.41) is 17.4. The predicted molar refractivity (Wildman–Crippen MR) is 143 cm³/mol. The third kappa shape index (κ3) is 7.29. The molecule has 2 aliphatic rings. The highest BCUT2D eigenvalue weighted by atomic mass is 32.1. The molecular formula is C26H35N7O5S. The molecule has 0 aliphatic carbocycles. The molecule has 0 radical (unpaired) electrons. The fraction of sp³-hybridized carbons (Fsp3) is 0.577. The van der Waals surface area contributed by atoms with Crippen molar-refractivity contribution in [2.75, 3.05) is 52.5 Å². The van der Waals surface area contributed by atoms with Gasteiger partial charge in [-0.1, -0.05) is 6.07 Å². The molecule has 0 spiro atoms. The minimum Gasteiger partial charge on any atom is -0.458 e. The van der Waals surface area contributed by atoms with E-state index in [1.165, 1.54) is 16.1 Å². The van der Waals surface area contributed by atoms with Crippen molar-refractivity contribution >= 4 is 23.2 Å². The van der Waals surface area contributed by atoms with Crippen LogP contribution >= 0.6 is 11.3 Å². The number of furan rings is 1. The van der Waals surface area contributed by atoms with E-state index < -0.39 is 6.04 Å². The number of aryl methyl sites for hydroxylation is 1. The molecule has 2 fully saturated rings. The van der Waals surface area contributed by atoms with Gasteiger partial charge in [0.2, 0.25) is 17.6 Å². The topological polar surface area (TPSA) is 128 Å². The quantitative estimate of drug-likeness (QED) is 0.355. The number of morpholine rings is 1. The van der Waals surface area contributed by atoms with E-state index >= 15 is 0 Å². The zero-order valence-electron chi connectivity index (χ0n) is 22.2. The van der Waals surface area contributed by atoms with Crippen LogP contribution in [0.3, 0.4) is 0 Å². The van der Waals surface area contributed by atoms with E-state index in [9.17, 15) is 9.59 Å². The molecule has 2 amide bonds. The summed E-state index contributed by atoms with van der Waals surface area (Å²) in [5.74, 6) is 1.04. The highest BCUT2D eigenvalue weighted by molar-refractivity contribution is 7.10. The fourth-order valence-corrected chi connectivity index (χ4v) is 5.68. The van der Waals surface area contributed by atoms with Gasteiger partial charge >= 0.3 is 0 Å². The second kappa shape index (κ2) is 13.3. The first-order valence-electron chi connectivity index (χ1n) is 13.4. The number of tetrazole rings is 1. The minimum atomic E-state index is -0.765. The Hall–Kier alpha value is -3.13. The smallest absolute Gasteiger partial charge is 0.248 e. The zero-order valence-corrected chi connectivity index (χ0v) is 23.0. The van der Waals surface area contributed by atoms with Crippen LogP contribution in [0.15, 0.2) is 34.1 Å². The lowest BCUT2D eigenvalue weighted by Crippen LogP contribution is -2.47. The highest BCUT2D eigenvalue weighted by Crippen LogP contribution is 2.27. The Balaban J connectivity index is 1.32.